The number of hydrogen-bond donors (Lipinski definition) is 0. The minimum absolute atomic E-state index is 0.0351. The first-order valence-electron chi connectivity index (χ1n) is 7.14. The minimum atomic E-state index is 0.0351. The molecule has 1 aromatic heterocycles. The number of methoxy groups -OCH3 is 2. The number of aromatic nitrogens is 1. The summed E-state index contributed by atoms with van der Waals surface area (Å²) in [6.45, 7) is 0. The van der Waals surface area contributed by atoms with Crippen LogP contribution in [0.25, 0.3) is 6.08 Å². The number of Topliss-reactive ketones (excluding diaryl/α,β-unsaturated/α-hetero) is 1. The number of fused-ring (bicyclic) bond motifs is 1. The van der Waals surface area contributed by atoms with Crippen LogP contribution in [-0.4, -0.2) is 25.0 Å². The lowest BCUT2D eigenvalue weighted by molar-refractivity contribution is 0.102. The van der Waals surface area contributed by atoms with Gasteiger partial charge in [0.1, 0.15) is 0 Å². The number of nitrogens with zero attached hydrogens (tertiary/aromatic N) is 1. The first-order valence-corrected chi connectivity index (χ1v) is 7.14. The lowest BCUT2D eigenvalue weighted by atomic mass is 9.86. The highest BCUT2D eigenvalue weighted by Gasteiger charge is 2.24. The van der Waals surface area contributed by atoms with Crippen LogP contribution in [0.5, 0.6) is 11.5 Å². The Morgan fingerprint density at radius 3 is 2.55 bits per heavy atom. The monoisotopic (exact) mass is 295 g/mol. The summed E-state index contributed by atoms with van der Waals surface area (Å²) in [6, 6.07) is 9.32. The average molecular weight is 295 g/mol. The molecule has 0 radical (unpaired) electrons. The van der Waals surface area contributed by atoms with E-state index in [9.17, 15) is 4.79 Å². The van der Waals surface area contributed by atoms with Crippen molar-refractivity contribution in [1.82, 2.24) is 4.98 Å². The zero-order chi connectivity index (χ0) is 15.5. The SMILES string of the molecule is COc1cc2c(cc1OC)C(=O)C(=Cc1ccccn1)CC2. The minimum Gasteiger partial charge on any atom is -0.493 e. The summed E-state index contributed by atoms with van der Waals surface area (Å²) in [6.07, 6.45) is 5.10. The molecule has 0 spiro atoms. The molecule has 1 aliphatic rings. The molecule has 1 aromatic carbocycles. The number of allylic oxidation sites excluding steroid dienone is 1. The number of carbonyl (C=O) groups excluding carboxylic acids is 1. The van der Waals surface area contributed by atoms with Gasteiger partial charge in [-0.25, -0.2) is 0 Å². The summed E-state index contributed by atoms with van der Waals surface area (Å²) in [5.41, 5.74) is 3.26. The number of ether oxygens (including phenoxy) is 2. The summed E-state index contributed by atoms with van der Waals surface area (Å²) in [7, 11) is 3.17. The number of rotatable bonds is 3. The zero-order valence-electron chi connectivity index (χ0n) is 12.6. The molecule has 0 fully saturated rings. The molecule has 22 heavy (non-hydrogen) atoms. The molecule has 4 heteroatoms. The Hall–Kier alpha value is -2.62. The smallest absolute Gasteiger partial charge is 0.189 e. The summed E-state index contributed by atoms with van der Waals surface area (Å²) in [5.74, 6) is 1.27. The van der Waals surface area contributed by atoms with E-state index < -0.39 is 0 Å². The van der Waals surface area contributed by atoms with Gasteiger partial charge >= 0.3 is 0 Å². The van der Waals surface area contributed by atoms with Gasteiger partial charge < -0.3 is 9.47 Å². The van der Waals surface area contributed by atoms with Crippen LogP contribution in [-0.2, 0) is 6.42 Å². The molecule has 0 atom stereocenters. The van der Waals surface area contributed by atoms with Crippen LogP contribution in [0.4, 0.5) is 0 Å². The van der Waals surface area contributed by atoms with Gasteiger partial charge in [0.25, 0.3) is 0 Å². The van der Waals surface area contributed by atoms with Gasteiger partial charge in [-0.15, -0.1) is 0 Å². The van der Waals surface area contributed by atoms with Crippen molar-refractivity contribution >= 4 is 11.9 Å². The topological polar surface area (TPSA) is 48.4 Å². The Kier molecular flexibility index (Phi) is 3.92. The standard InChI is InChI=1S/C18H17NO3/c1-21-16-10-12-6-7-13(9-14-5-3-4-8-19-14)18(20)15(12)11-17(16)22-2/h3-5,8-11H,6-7H2,1-2H3. The van der Waals surface area contributed by atoms with Crippen molar-refractivity contribution in [2.75, 3.05) is 14.2 Å². The van der Waals surface area contributed by atoms with Crippen LogP contribution >= 0.6 is 0 Å². The molecule has 2 aromatic rings. The van der Waals surface area contributed by atoms with Crippen LogP contribution < -0.4 is 9.47 Å². The maximum absolute atomic E-state index is 12.7. The molecule has 112 valence electrons. The first-order chi connectivity index (χ1) is 10.7. The van der Waals surface area contributed by atoms with Crippen LogP contribution in [0.3, 0.4) is 0 Å². The summed E-state index contributed by atoms with van der Waals surface area (Å²) in [5, 5.41) is 0. The molecular formula is C18H17NO3. The van der Waals surface area contributed by atoms with Crippen molar-refractivity contribution in [2.24, 2.45) is 0 Å². The molecule has 0 saturated carbocycles. The molecule has 0 N–H and O–H groups in total. The van der Waals surface area contributed by atoms with Gasteiger partial charge in [-0.05, 0) is 48.7 Å². The van der Waals surface area contributed by atoms with Crippen LogP contribution in [0.2, 0.25) is 0 Å². The predicted molar refractivity (Wildman–Crippen MR) is 84.4 cm³/mol. The second-order valence-corrected chi connectivity index (χ2v) is 5.12. The molecular weight excluding hydrogens is 278 g/mol. The number of benzene rings is 1. The third kappa shape index (κ3) is 2.60. The predicted octanol–water partition coefficient (Wildman–Crippen LogP) is 3.31. The van der Waals surface area contributed by atoms with Crippen LogP contribution in [0, 0.1) is 0 Å². The number of hydrogen-bond acceptors (Lipinski definition) is 4. The van der Waals surface area contributed by atoms with Gasteiger partial charge in [-0.2, -0.15) is 0 Å². The van der Waals surface area contributed by atoms with E-state index in [-0.39, 0.29) is 5.78 Å². The van der Waals surface area contributed by atoms with E-state index in [4.69, 9.17) is 9.47 Å². The molecule has 3 rings (SSSR count). The third-order valence-corrected chi connectivity index (χ3v) is 3.82. The average Bonchev–Trinajstić information content (AvgIpc) is 2.57. The molecule has 0 amide bonds. The molecule has 1 heterocycles. The Morgan fingerprint density at radius 1 is 1.09 bits per heavy atom. The summed E-state index contributed by atoms with van der Waals surface area (Å²) >= 11 is 0. The highest BCUT2D eigenvalue weighted by Crippen LogP contribution is 2.35. The first kappa shape index (κ1) is 14.3. The molecule has 0 bridgehead atoms. The van der Waals surface area contributed by atoms with Gasteiger partial charge in [-0.1, -0.05) is 6.07 Å². The van der Waals surface area contributed by atoms with Crippen molar-refractivity contribution in [2.45, 2.75) is 12.8 Å². The Morgan fingerprint density at radius 2 is 1.86 bits per heavy atom. The van der Waals surface area contributed by atoms with Gasteiger partial charge in [0.05, 0.1) is 19.9 Å². The Bertz CT molecular complexity index is 735. The quantitative estimate of drug-likeness (QED) is 0.815. The van der Waals surface area contributed by atoms with Gasteiger partial charge in [0, 0.05) is 17.3 Å². The van der Waals surface area contributed by atoms with Gasteiger partial charge in [0.2, 0.25) is 0 Å². The van der Waals surface area contributed by atoms with Crippen molar-refractivity contribution in [3.8, 4) is 11.5 Å². The fourth-order valence-electron chi connectivity index (χ4n) is 2.67. The summed E-state index contributed by atoms with van der Waals surface area (Å²) < 4.78 is 10.6. The third-order valence-electron chi connectivity index (χ3n) is 3.82. The molecule has 4 nitrogen and oxygen atoms in total. The highest BCUT2D eigenvalue weighted by atomic mass is 16.5. The fourth-order valence-corrected chi connectivity index (χ4v) is 2.67. The van der Waals surface area contributed by atoms with Crippen molar-refractivity contribution in [1.29, 1.82) is 0 Å². The lowest BCUT2D eigenvalue weighted by Gasteiger charge is -2.20. The van der Waals surface area contributed by atoms with Crippen molar-refractivity contribution in [3.63, 3.8) is 0 Å². The van der Waals surface area contributed by atoms with E-state index in [2.05, 4.69) is 4.98 Å². The molecule has 0 aliphatic heterocycles. The zero-order valence-corrected chi connectivity index (χ0v) is 12.6. The maximum atomic E-state index is 12.7. The molecule has 1 aliphatic carbocycles. The van der Waals surface area contributed by atoms with E-state index in [1.165, 1.54) is 0 Å². The number of pyridine rings is 1. The van der Waals surface area contributed by atoms with E-state index in [1.807, 2.05) is 30.3 Å². The number of carbonyl (C=O) groups is 1. The molecule has 0 saturated heterocycles. The second kappa shape index (κ2) is 6.02. The Balaban J connectivity index is 2.00. The molecule has 0 unspecified atom stereocenters. The number of aryl methyl sites for hydroxylation is 1. The van der Waals surface area contributed by atoms with Crippen LogP contribution in [0.1, 0.15) is 28.0 Å². The van der Waals surface area contributed by atoms with E-state index in [0.29, 0.717) is 23.5 Å². The van der Waals surface area contributed by atoms with Crippen molar-refractivity contribution < 1.29 is 14.3 Å². The summed E-state index contributed by atoms with van der Waals surface area (Å²) in [4.78, 5) is 16.9. The Labute approximate surface area is 129 Å². The number of ketones is 1. The van der Waals surface area contributed by atoms with E-state index >= 15 is 0 Å². The van der Waals surface area contributed by atoms with Crippen molar-refractivity contribution in [3.05, 3.63) is 58.9 Å². The lowest BCUT2D eigenvalue weighted by Crippen LogP contribution is -2.14. The normalized spacial score (nSPS) is 15.5. The largest absolute Gasteiger partial charge is 0.493 e. The van der Waals surface area contributed by atoms with Gasteiger partial charge in [-0.3, -0.25) is 9.78 Å². The maximum Gasteiger partial charge on any atom is 0.189 e. The van der Waals surface area contributed by atoms with Crippen LogP contribution in [0.15, 0.2) is 42.1 Å². The van der Waals surface area contributed by atoms with E-state index in [1.54, 1.807) is 26.5 Å². The van der Waals surface area contributed by atoms with Gasteiger partial charge in [0.15, 0.2) is 17.3 Å². The van der Waals surface area contributed by atoms with E-state index in [0.717, 1.165) is 23.3 Å². The highest BCUT2D eigenvalue weighted by molar-refractivity contribution is 6.13. The fraction of sp³-hybridized carbons (Fsp3) is 0.222. The second-order valence-electron chi connectivity index (χ2n) is 5.12.